The average Bonchev–Trinajstić information content (AvgIpc) is 2.97. The molecule has 0 spiro atoms. The molecular weight excluding hydrogens is 434 g/mol. The second-order valence-corrected chi connectivity index (χ2v) is 9.84. The zero-order valence-electron chi connectivity index (χ0n) is 17.4. The van der Waals surface area contributed by atoms with Crippen LogP contribution in [0.3, 0.4) is 0 Å². The molecule has 3 aliphatic heterocycles. The van der Waals surface area contributed by atoms with E-state index < -0.39 is 21.7 Å². The lowest BCUT2D eigenvalue weighted by molar-refractivity contribution is -0.114. The third-order valence-corrected chi connectivity index (χ3v) is 7.80. The Bertz CT molecular complexity index is 1170. The van der Waals surface area contributed by atoms with E-state index in [0.29, 0.717) is 49.1 Å². The third-order valence-electron chi connectivity index (χ3n) is 5.91. The number of ketones is 1. The Morgan fingerprint density at radius 1 is 0.875 bits per heavy atom. The van der Waals surface area contributed by atoms with E-state index >= 15 is 0 Å². The van der Waals surface area contributed by atoms with Gasteiger partial charge < -0.3 is 9.47 Å². The Morgan fingerprint density at radius 2 is 1.59 bits per heavy atom. The zero-order valence-corrected chi connectivity index (χ0v) is 18.2. The molecule has 0 unspecified atom stereocenters. The standard InChI is InChI=1S/C22H23N3O6S/c26-21-17-4-1-2-5-18(17)25(22(21)27)15-23-8-10-24(11-9-23)32(28,29)16-6-7-19-20(14-16)31-13-3-12-30-19/h1-2,4-7,14H,3,8-13,15H2. The molecule has 3 heterocycles. The van der Waals surface area contributed by atoms with Gasteiger partial charge in [0.25, 0.3) is 5.78 Å². The van der Waals surface area contributed by atoms with Gasteiger partial charge in [0.15, 0.2) is 11.5 Å². The molecule has 168 valence electrons. The molecule has 10 heteroatoms. The number of Topliss-reactive ketones (excluding diaryl/α,β-unsaturated/α-hetero) is 1. The molecule has 3 aliphatic rings. The molecule has 0 N–H and O–H groups in total. The average molecular weight is 458 g/mol. The highest BCUT2D eigenvalue weighted by Crippen LogP contribution is 2.33. The van der Waals surface area contributed by atoms with Gasteiger partial charge >= 0.3 is 5.91 Å². The lowest BCUT2D eigenvalue weighted by Gasteiger charge is -2.35. The van der Waals surface area contributed by atoms with Crippen LogP contribution in [0.5, 0.6) is 11.5 Å². The zero-order chi connectivity index (χ0) is 22.3. The first-order valence-electron chi connectivity index (χ1n) is 10.5. The maximum Gasteiger partial charge on any atom is 0.300 e. The number of anilines is 1. The summed E-state index contributed by atoms with van der Waals surface area (Å²) in [7, 11) is -3.69. The number of piperazine rings is 1. The van der Waals surface area contributed by atoms with Crippen molar-refractivity contribution in [1.82, 2.24) is 9.21 Å². The number of sulfonamides is 1. The number of para-hydroxylation sites is 1. The molecule has 0 aromatic heterocycles. The van der Waals surface area contributed by atoms with Gasteiger partial charge in [-0.05, 0) is 24.3 Å². The van der Waals surface area contributed by atoms with Crippen LogP contribution in [0.2, 0.25) is 0 Å². The predicted octanol–water partition coefficient (Wildman–Crippen LogP) is 1.34. The van der Waals surface area contributed by atoms with Crippen molar-refractivity contribution in [2.75, 3.05) is 51.0 Å². The summed E-state index contributed by atoms with van der Waals surface area (Å²) in [4.78, 5) is 28.2. The minimum absolute atomic E-state index is 0.171. The van der Waals surface area contributed by atoms with Crippen molar-refractivity contribution in [2.24, 2.45) is 0 Å². The van der Waals surface area contributed by atoms with E-state index in [9.17, 15) is 18.0 Å². The monoisotopic (exact) mass is 457 g/mol. The summed E-state index contributed by atoms with van der Waals surface area (Å²) in [6.07, 6.45) is 0.744. The van der Waals surface area contributed by atoms with Gasteiger partial charge in [0.2, 0.25) is 10.0 Å². The van der Waals surface area contributed by atoms with Crippen LogP contribution in [-0.4, -0.2) is 75.4 Å². The van der Waals surface area contributed by atoms with Crippen molar-refractivity contribution in [3.05, 3.63) is 48.0 Å². The fraction of sp³-hybridized carbons (Fsp3) is 0.364. The van der Waals surface area contributed by atoms with Crippen molar-refractivity contribution in [3.63, 3.8) is 0 Å². The van der Waals surface area contributed by atoms with Crippen molar-refractivity contribution < 1.29 is 27.5 Å². The number of hydrogen-bond donors (Lipinski definition) is 0. The number of benzene rings is 2. The molecule has 1 amide bonds. The van der Waals surface area contributed by atoms with Crippen molar-refractivity contribution in [2.45, 2.75) is 11.3 Å². The van der Waals surface area contributed by atoms with Gasteiger partial charge in [-0.1, -0.05) is 12.1 Å². The summed E-state index contributed by atoms with van der Waals surface area (Å²) in [5.41, 5.74) is 1.01. The molecule has 0 bridgehead atoms. The van der Waals surface area contributed by atoms with Crippen molar-refractivity contribution in [1.29, 1.82) is 0 Å². The molecule has 1 fully saturated rings. The number of amides is 1. The lowest BCUT2D eigenvalue weighted by Crippen LogP contribution is -2.52. The van der Waals surface area contributed by atoms with E-state index in [0.717, 1.165) is 6.42 Å². The Kier molecular flexibility index (Phi) is 5.36. The van der Waals surface area contributed by atoms with Crippen LogP contribution in [0.1, 0.15) is 16.8 Å². The number of carbonyl (C=O) groups excluding carboxylic acids is 2. The maximum absolute atomic E-state index is 13.2. The maximum atomic E-state index is 13.2. The Hall–Kier alpha value is -2.95. The molecule has 0 aliphatic carbocycles. The van der Waals surface area contributed by atoms with E-state index in [1.54, 1.807) is 36.4 Å². The molecule has 9 nitrogen and oxygen atoms in total. The van der Waals surface area contributed by atoms with Gasteiger partial charge in [-0.3, -0.25) is 19.4 Å². The molecular formula is C22H23N3O6S. The number of nitrogens with zero attached hydrogens (tertiary/aromatic N) is 3. The van der Waals surface area contributed by atoms with Crippen molar-refractivity contribution in [3.8, 4) is 11.5 Å². The molecule has 32 heavy (non-hydrogen) atoms. The smallest absolute Gasteiger partial charge is 0.300 e. The lowest BCUT2D eigenvalue weighted by atomic mass is 10.1. The van der Waals surface area contributed by atoms with Gasteiger partial charge in [0, 0.05) is 38.7 Å². The molecule has 0 atom stereocenters. The van der Waals surface area contributed by atoms with Crippen molar-refractivity contribution >= 4 is 27.4 Å². The topological polar surface area (TPSA) is 96.5 Å². The minimum atomic E-state index is -3.69. The van der Waals surface area contributed by atoms with E-state index in [2.05, 4.69) is 0 Å². The highest BCUT2D eigenvalue weighted by atomic mass is 32.2. The summed E-state index contributed by atoms with van der Waals surface area (Å²) in [5, 5.41) is 0. The second-order valence-electron chi connectivity index (χ2n) is 7.90. The van der Waals surface area contributed by atoms with Crippen LogP contribution in [0.15, 0.2) is 47.4 Å². The minimum Gasteiger partial charge on any atom is -0.490 e. The summed E-state index contributed by atoms with van der Waals surface area (Å²) < 4.78 is 39.0. The Morgan fingerprint density at radius 3 is 2.38 bits per heavy atom. The molecule has 0 saturated carbocycles. The first-order chi connectivity index (χ1) is 15.4. The SMILES string of the molecule is O=C1C(=O)N(CN2CCN(S(=O)(=O)c3ccc4c(c3)OCCCO4)CC2)c2ccccc21. The highest BCUT2D eigenvalue weighted by Gasteiger charge is 2.37. The first-order valence-corrected chi connectivity index (χ1v) is 12.0. The van der Waals surface area contributed by atoms with Gasteiger partial charge in [-0.2, -0.15) is 4.31 Å². The largest absolute Gasteiger partial charge is 0.490 e. The number of rotatable bonds is 4. The first kappa shape index (κ1) is 20.9. The van der Waals surface area contributed by atoms with E-state index in [-0.39, 0.29) is 24.7 Å². The summed E-state index contributed by atoms with van der Waals surface area (Å²) in [5.74, 6) is -0.0564. The fourth-order valence-electron chi connectivity index (χ4n) is 4.15. The summed E-state index contributed by atoms with van der Waals surface area (Å²) >= 11 is 0. The second kappa shape index (κ2) is 8.19. The van der Waals surface area contributed by atoms with Gasteiger partial charge in [-0.15, -0.1) is 0 Å². The van der Waals surface area contributed by atoms with Gasteiger partial charge in [0.05, 0.1) is 36.0 Å². The molecule has 1 saturated heterocycles. The van der Waals surface area contributed by atoms with E-state index in [1.165, 1.54) is 15.3 Å². The summed E-state index contributed by atoms with van der Waals surface area (Å²) in [6.45, 7) is 2.74. The summed E-state index contributed by atoms with van der Waals surface area (Å²) in [6, 6.07) is 11.6. The van der Waals surface area contributed by atoms with E-state index in [4.69, 9.17) is 9.47 Å². The van der Waals surface area contributed by atoms with Crippen LogP contribution in [0.4, 0.5) is 5.69 Å². The molecule has 0 radical (unpaired) electrons. The molecule has 2 aromatic rings. The Balaban J connectivity index is 1.26. The van der Waals surface area contributed by atoms with Crippen LogP contribution < -0.4 is 14.4 Å². The number of ether oxygens (including phenoxy) is 2. The molecule has 2 aromatic carbocycles. The quantitative estimate of drug-likeness (QED) is 0.640. The van der Waals surface area contributed by atoms with Gasteiger partial charge in [-0.25, -0.2) is 8.42 Å². The van der Waals surface area contributed by atoms with E-state index in [1.807, 2.05) is 4.90 Å². The normalized spacial score (nSPS) is 19.7. The predicted molar refractivity (Wildman–Crippen MR) is 116 cm³/mol. The number of fused-ring (bicyclic) bond motifs is 2. The third kappa shape index (κ3) is 3.64. The van der Waals surface area contributed by atoms with Crippen LogP contribution in [0, 0.1) is 0 Å². The Labute approximate surface area is 186 Å². The number of hydrogen-bond acceptors (Lipinski definition) is 7. The molecule has 5 rings (SSSR count). The van der Waals surface area contributed by atoms with Gasteiger partial charge in [0.1, 0.15) is 0 Å². The highest BCUT2D eigenvalue weighted by molar-refractivity contribution is 7.89. The van der Waals surface area contributed by atoms with Crippen LogP contribution >= 0.6 is 0 Å². The number of carbonyl (C=O) groups is 2. The fourth-order valence-corrected chi connectivity index (χ4v) is 5.59. The van der Waals surface area contributed by atoms with Crippen LogP contribution in [-0.2, 0) is 14.8 Å². The van der Waals surface area contributed by atoms with Crippen LogP contribution in [0.25, 0.3) is 0 Å².